The molecule has 0 aromatic rings. The first-order valence-corrected chi connectivity index (χ1v) is 7.79. The van der Waals surface area contributed by atoms with E-state index in [4.69, 9.17) is 0 Å². The second kappa shape index (κ2) is 9.37. The molecule has 1 rings (SSSR count). The maximum absolute atomic E-state index is 11.6. The first-order chi connectivity index (χ1) is 10.0. The van der Waals surface area contributed by atoms with Crippen molar-refractivity contribution >= 4 is 17.7 Å². The zero-order chi connectivity index (χ0) is 15.7. The van der Waals surface area contributed by atoms with Crippen LogP contribution in [0.1, 0.15) is 46.0 Å². The van der Waals surface area contributed by atoms with Gasteiger partial charge in [0.1, 0.15) is 0 Å². The summed E-state index contributed by atoms with van der Waals surface area (Å²) in [5.41, 5.74) is 0. The van der Waals surface area contributed by atoms with Crippen LogP contribution in [-0.2, 0) is 14.4 Å². The van der Waals surface area contributed by atoms with Crippen molar-refractivity contribution in [3.8, 4) is 0 Å². The van der Waals surface area contributed by atoms with Crippen LogP contribution < -0.4 is 16.0 Å². The minimum Gasteiger partial charge on any atom is -0.354 e. The zero-order valence-corrected chi connectivity index (χ0v) is 13.0. The van der Waals surface area contributed by atoms with E-state index in [9.17, 15) is 14.4 Å². The molecular formula is C15H27N3O3. The normalized spacial score (nSPS) is 21.4. The van der Waals surface area contributed by atoms with Crippen molar-refractivity contribution in [1.82, 2.24) is 16.0 Å². The third kappa shape index (κ3) is 7.68. The van der Waals surface area contributed by atoms with Crippen molar-refractivity contribution in [1.29, 1.82) is 0 Å². The Morgan fingerprint density at radius 1 is 0.857 bits per heavy atom. The van der Waals surface area contributed by atoms with Gasteiger partial charge in [-0.15, -0.1) is 0 Å². The third-order valence-corrected chi connectivity index (χ3v) is 4.08. The van der Waals surface area contributed by atoms with Crippen LogP contribution in [0.2, 0.25) is 0 Å². The van der Waals surface area contributed by atoms with E-state index in [2.05, 4.69) is 22.9 Å². The number of carbonyl (C=O) groups is 3. The summed E-state index contributed by atoms with van der Waals surface area (Å²) < 4.78 is 0. The van der Waals surface area contributed by atoms with E-state index in [0.29, 0.717) is 12.5 Å². The molecule has 0 aromatic heterocycles. The molecule has 0 radical (unpaired) electrons. The Hall–Kier alpha value is -1.59. The van der Waals surface area contributed by atoms with Crippen LogP contribution in [0.25, 0.3) is 0 Å². The van der Waals surface area contributed by atoms with Crippen LogP contribution in [-0.4, -0.2) is 37.4 Å². The highest BCUT2D eigenvalue weighted by Crippen LogP contribution is 2.29. The number of hydrogen-bond acceptors (Lipinski definition) is 3. The molecular weight excluding hydrogens is 270 g/mol. The highest BCUT2D eigenvalue weighted by molar-refractivity contribution is 5.87. The molecule has 6 heteroatoms. The fourth-order valence-electron chi connectivity index (χ4n) is 2.61. The van der Waals surface area contributed by atoms with E-state index in [1.54, 1.807) is 0 Å². The second-order valence-electron chi connectivity index (χ2n) is 5.79. The molecule has 0 aromatic carbocycles. The largest absolute Gasteiger partial charge is 0.354 e. The molecule has 0 atom stereocenters. The van der Waals surface area contributed by atoms with Crippen LogP contribution in [0.15, 0.2) is 0 Å². The molecule has 0 unspecified atom stereocenters. The van der Waals surface area contributed by atoms with Gasteiger partial charge in [0.05, 0.1) is 13.1 Å². The van der Waals surface area contributed by atoms with Crippen LogP contribution in [0.5, 0.6) is 0 Å². The van der Waals surface area contributed by atoms with Crippen LogP contribution in [0.3, 0.4) is 0 Å². The second-order valence-corrected chi connectivity index (χ2v) is 5.79. The van der Waals surface area contributed by atoms with Gasteiger partial charge in [-0.25, -0.2) is 0 Å². The van der Waals surface area contributed by atoms with E-state index in [-0.39, 0.29) is 30.8 Å². The smallest absolute Gasteiger partial charge is 0.239 e. The summed E-state index contributed by atoms with van der Waals surface area (Å²) in [6.45, 7) is 4.13. The molecule has 0 spiro atoms. The van der Waals surface area contributed by atoms with Crippen molar-refractivity contribution in [2.45, 2.75) is 46.0 Å². The lowest BCUT2D eigenvalue weighted by molar-refractivity contribution is -0.127. The van der Waals surface area contributed by atoms with Gasteiger partial charge in [-0.3, -0.25) is 14.4 Å². The molecule has 1 aliphatic rings. The molecule has 1 saturated carbocycles. The standard InChI is InChI=1S/C15H27N3O3/c1-3-12-4-6-13(7-5-12)8-17-15(21)10-18-14(20)9-16-11(2)19/h12-13H,3-10H2,1-2H3,(H,16,19)(H,17,21)(H,18,20). The Labute approximate surface area is 126 Å². The Balaban J connectivity index is 2.09. The lowest BCUT2D eigenvalue weighted by Gasteiger charge is -2.27. The van der Waals surface area contributed by atoms with Crippen LogP contribution in [0, 0.1) is 11.8 Å². The van der Waals surface area contributed by atoms with Gasteiger partial charge in [0, 0.05) is 13.5 Å². The van der Waals surface area contributed by atoms with Crippen molar-refractivity contribution in [2.24, 2.45) is 11.8 Å². The fourth-order valence-corrected chi connectivity index (χ4v) is 2.61. The molecule has 3 amide bonds. The predicted octanol–water partition coefficient (Wildman–Crippen LogP) is 0.571. The van der Waals surface area contributed by atoms with E-state index in [0.717, 1.165) is 5.92 Å². The Morgan fingerprint density at radius 3 is 1.95 bits per heavy atom. The lowest BCUT2D eigenvalue weighted by Crippen LogP contribution is -2.42. The topological polar surface area (TPSA) is 87.3 Å². The SMILES string of the molecule is CCC1CCC(CNC(=O)CNC(=O)CNC(C)=O)CC1. The first kappa shape index (κ1) is 17.5. The van der Waals surface area contributed by atoms with E-state index in [1.807, 2.05) is 0 Å². The van der Waals surface area contributed by atoms with Crippen LogP contribution >= 0.6 is 0 Å². The summed E-state index contributed by atoms with van der Waals surface area (Å²) in [5, 5.41) is 7.72. The van der Waals surface area contributed by atoms with Crippen LogP contribution in [0.4, 0.5) is 0 Å². The minimum atomic E-state index is -0.358. The molecule has 6 nitrogen and oxygen atoms in total. The molecule has 120 valence electrons. The van der Waals surface area contributed by atoms with Crippen molar-refractivity contribution in [3.05, 3.63) is 0 Å². The maximum atomic E-state index is 11.6. The van der Waals surface area contributed by atoms with E-state index >= 15 is 0 Å². The molecule has 3 N–H and O–H groups in total. The number of nitrogens with one attached hydrogen (secondary N) is 3. The summed E-state index contributed by atoms with van der Waals surface area (Å²) in [6, 6.07) is 0. The van der Waals surface area contributed by atoms with Gasteiger partial charge in [-0.2, -0.15) is 0 Å². The monoisotopic (exact) mass is 297 g/mol. The molecule has 0 heterocycles. The third-order valence-electron chi connectivity index (χ3n) is 4.08. The highest BCUT2D eigenvalue weighted by Gasteiger charge is 2.20. The average Bonchev–Trinajstić information content (AvgIpc) is 2.49. The van der Waals surface area contributed by atoms with E-state index < -0.39 is 0 Å². The van der Waals surface area contributed by atoms with E-state index in [1.165, 1.54) is 39.0 Å². The predicted molar refractivity (Wildman–Crippen MR) is 80.4 cm³/mol. The zero-order valence-electron chi connectivity index (χ0n) is 13.0. The Bertz CT molecular complexity index is 363. The van der Waals surface area contributed by atoms with Crippen molar-refractivity contribution in [2.75, 3.05) is 19.6 Å². The Kier molecular flexibility index (Phi) is 7.79. The minimum absolute atomic E-state index is 0.0390. The summed E-state index contributed by atoms with van der Waals surface area (Å²) in [5.74, 6) is 0.613. The summed E-state index contributed by atoms with van der Waals surface area (Å²) >= 11 is 0. The van der Waals surface area contributed by atoms with Gasteiger partial charge in [-0.1, -0.05) is 26.2 Å². The number of amides is 3. The number of hydrogen-bond donors (Lipinski definition) is 3. The van der Waals surface area contributed by atoms with Gasteiger partial charge in [0.15, 0.2) is 0 Å². The summed E-state index contributed by atoms with van der Waals surface area (Å²) in [7, 11) is 0. The molecule has 21 heavy (non-hydrogen) atoms. The van der Waals surface area contributed by atoms with Gasteiger partial charge in [-0.05, 0) is 24.7 Å². The van der Waals surface area contributed by atoms with Gasteiger partial charge in [0.25, 0.3) is 0 Å². The first-order valence-electron chi connectivity index (χ1n) is 7.79. The summed E-state index contributed by atoms with van der Waals surface area (Å²) in [6.07, 6.45) is 6.11. The molecule has 0 aliphatic heterocycles. The van der Waals surface area contributed by atoms with Gasteiger partial charge in [0.2, 0.25) is 17.7 Å². The molecule has 0 saturated heterocycles. The Morgan fingerprint density at radius 2 is 1.38 bits per heavy atom. The average molecular weight is 297 g/mol. The lowest BCUT2D eigenvalue weighted by atomic mass is 9.81. The highest BCUT2D eigenvalue weighted by atomic mass is 16.2. The molecule has 1 aliphatic carbocycles. The number of carbonyl (C=O) groups excluding carboxylic acids is 3. The fraction of sp³-hybridized carbons (Fsp3) is 0.800. The van der Waals surface area contributed by atoms with Gasteiger partial charge >= 0.3 is 0 Å². The van der Waals surface area contributed by atoms with Gasteiger partial charge < -0.3 is 16.0 Å². The quantitative estimate of drug-likeness (QED) is 0.642. The summed E-state index contributed by atoms with van der Waals surface area (Å²) in [4.78, 5) is 33.6. The van der Waals surface area contributed by atoms with Crippen molar-refractivity contribution < 1.29 is 14.4 Å². The molecule has 1 fully saturated rings. The number of rotatable bonds is 7. The van der Waals surface area contributed by atoms with Crippen molar-refractivity contribution in [3.63, 3.8) is 0 Å². The maximum Gasteiger partial charge on any atom is 0.239 e. The molecule has 0 bridgehead atoms.